The molecule has 5 heteroatoms. The molecule has 1 aliphatic rings. The molecule has 1 aromatic rings. The maximum Gasteiger partial charge on any atom is 0.306 e. The van der Waals surface area contributed by atoms with Crippen LogP contribution in [-0.2, 0) is 4.79 Å². The van der Waals surface area contributed by atoms with Crippen molar-refractivity contribution in [2.75, 3.05) is 0 Å². The fourth-order valence-electron chi connectivity index (χ4n) is 2.85. The second-order valence-corrected chi connectivity index (χ2v) is 5.52. The lowest BCUT2D eigenvalue weighted by molar-refractivity contribution is -0.142. The van der Waals surface area contributed by atoms with E-state index in [9.17, 15) is 15.0 Å². The van der Waals surface area contributed by atoms with E-state index in [0.29, 0.717) is 12.8 Å². The van der Waals surface area contributed by atoms with E-state index in [-0.39, 0.29) is 29.5 Å². The zero-order chi connectivity index (χ0) is 14.7. The van der Waals surface area contributed by atoms with Gasteiger partial charge in [0.05, 0.1) is 5.92 Å². The Morgan fingerprint density at radius 3 is 2.45 bits per heavy atom. The summed E-state index contributed by atoms with van der Waals surface area (Å²) >= 11 is 0. The van der Waals surface area contributed by atoms with Gasteiger partial charge in [-0.3, -0.25) is 4.79 Å². The van der Waals surface area contributed by atoms with E-state index in [1.165, 1.54) is 6.07 Å². The van der Waals surface area contributed by atoms with E-state index in [1.54, 1.807) is 12.1 Å². The third kappa shape index (κ3) is 3.42. The van der Waals surface area contributed by atoms with Crippen molar-refractivity contribution in [1.29, 1.82) is 0 Å². The van der Waals surface area contributed by atoms with Gasteiger partial charge in [0.15, 0.2) is 0 Å². The average molecular weight is 279 g/mol. The SMILES string of the molecule is CC(NC1CCC(C(=O)O)CC1)c1ccc(O)cc1O. The lowest BCUT2D eigenvalue weighted by Gasteiger charge is -2.29. The first kappa shape index (κ1) is 14.7. The molecule has 0 aromatic heterocycles. The smallest absolute Gasteiger partial charge is 0.306 e. The van der Waals surface area contributed by atoms with Crippen molar-refractivity contribution < 1.29 is 20.1 Å². The maximum absolute atomic E-state index is 10.9. The molecule has 110 valence electrons. The summed E-state index contributed by atoms with van der Waals surface area (Å²) in [5.74, 6) is -0.803. The summed E-state index contributed by atoms with van der Waals surface area (Å²) in [6, 6.07) is 4.81. The topological polar surface area (TPSA) is 89.8 Å². The van der Waals surface area contributed by atoms with Gasteiger partial charge in [0.25, 0.3) is 0 Å². The Bertz CT molecular complexity index is 481. The van der Waals surface area contributed by atoms with E-state index >= 15 is 0 Å². The van der Waals surface area contributed by atoms with Gasteiger partial charge in [-0.25, -0.2) is 0 Å². The summed E-state index contributed by atoms with van der Waals surface area (Å²) in [6.45, 7) is 1.95. The Morgan fingerprint density at radius 1 is 1.25 bits per heavy atom. The largest absolute Gasteiger partial charge is 0.508 e. The number of rotatable bonds is 4. The number of hydrogen-bond donors (Lipinski definition) is 4. The zero-order valence-electron chi connectivity index (χ0n) is 11.5. The number of carboxylic acids is 1. The van der Waals surface area contributed by atoms with Crippen LogP contribution in [0.4, 0.5) is 0 Å². The highest BCUT2D eigenvalue weighted by molar-refractivity contribution is 5.70. The van der Waals surface area contributed by atoms with Crippen LogP contribution in [0.2, 0.25) is 0 Å². The van der Waals surface area contributed by atoms with Gasteiger partial charge < -0.3 is 20.6 Å². The molecule has 5 nitrogen and oxygen atoms in total. The minimum atomic E-state index is -0.701. The lowest BCUT2D eigenvalue weighted by atomic mass is 9.85. The van der Waals surface area contributed by atoms with Gasteiger partial charge in [0.2, 0.25) is 0 Å². The number of carboxylic acid groups (broad SMARTS) is 1. The molecule has 1 aliphatic carbocycles. The van der Waals surface area contributed by atoms with Crippen molar-refractivity contribution in [2.45, 2.75) is 44.7 Å². The molecule has 20 heavy (non-hydrogen) atoms. The summed E-state index contributed by atoms with van der Waals surface area (Å²) in [5, 5.41) is 31.5. The van der Waals surface area contributed by atoms with Crippen LogP contribution >= 0.6 is 0 Å². The van der Waals surface area contributed by atoms with E-state index in [2.05, 4.69) is 5.32 Å². The Labute approximate surface area is 118 Å². The molecular weight excluding hydrogens is 258 g/mol. The monoisotopic (exact) mass is 279 g/mol. The van der Waals surface area contributed by atoms with Crippen molar-refractivity contribution in [1.82, 2.24) is 5.32 Å². The lowest BCUT2D eigenvalue weighted by Crippen LogP contribution is -2.36. The first-order chi connectivity index (χ1) is 9.47. The van der Waals surface area contributed by atoms with Crippen LogP contribution in [0.3, 0.4) is 0 Å². The average Bonchev–Trinajstić information content (AvgIpc) is 2.39. The molecule has 0 bridgehead atoms. The van der Waals surface area contributed by atoms with Crippen LogP contribution in [0.25, 0.3) is 0 Å². The molecule has 0 saturated heterocycles. The molecule has 1 aromatic carbocycles. The highest BCUT2D eigenvalue weighted by Crippen LogP contribution is 2.30. The Kier molecular flexibility index (Phi) is 4.49. The van der Waals surface area contributed by atoms with Gasteiger partial charge in [0, 0.05) is 23.7 Å². The molecule has 1 atom stereocenters. The van der Waals surface area contributed by atoms with Crippen molar-refractivity contribution in [2.24, 2.45) is 5.92 Å². The van der Waals surface area contributed by atoms with Gasteiger partial charge in [-0.2, -0.15) is 0 Å². The molecular formula is C15H21NO4. The van der Waals surface area contributed by atoms with Gasteiger partial charge in [-0.05, 0) is 38.7 Å². The van der Waals surface area contributed by atoms with Crippen LogP contribution in [0.1, 0.15) is 44.2 Å². The molecule has 2 rings (SSSR count). The number of nitrogens with one attached hydrogen (secondary N) is 1. The highest BCUT2D eigenvalue weighted by atomic mass is 16.4. The minimum absolute atomic E-state index is 0.0398. The van der Waals surface area contributed by atoms with Gasteiger partial charge >= 0.3 is 5.97 Å². The molecule has 0 amide bonds. The first-order valence-electron chi connectivity index (χ1n) is 6.98. The highest BCUT2D eigenvalue weighted by Gasteiger charge is 2.27. The third-order valence-electron chi connectivity index (χ3n) is 4.04. The first-order valence-corrected chi connectivity index (χ1v) is 6.98. The van der Waals surface area contributed by atoms with Gasteiger partial charge in [-0.15, -0.1) is 0 Å². The zero-order valence-corrected chi connectivity index (χ0v) is 11.5. The minimum Gasteiger partial charge on any atom is -0.508 e. The summed E-state index contributed by atoms with van der Waals surface area (Å²) in [5.41, 5.74) is 0.739. The molecule has 4 N–H and O–H groups in total. The summed E-state index contributed by atoms with van der Waals surface area (Å²) in [4.78, 5) is 10.9. The second-order valence-electron chi connectivity index (χ2n) is 5.52. The van der Waals surface area contributed by atoms with Crippen molar-refractivity contribution in [3.63, 3.8) is 0 Å². The van der Waals surface area contributed by atoms with Crippen LogP contribution < -0.4 is 5.32 Å². The molecule has 1 saturated carbocycles. The standard InChI is InChI=1S/C15H21NO4/c1-9(13-7-6-12(17)8-14(13)18)16-11-4-2-10(3-5-11)15(19)20/h6-11,16-18H,2-5H2,1H3,(H,19,20). The molecule has 1 fully saturated rings. The van der Waals surface area contributed by atoms with Gasteiger partial charge in [-0.1, -0.05) is 6.07 Å². The van der Waals surface area contributed by atoms with E-state index in [4.69, 9.17) is 5.11 Å². The maximum atomic E-state index is 10.9. The Hall–Kier alpha value is -1.75. The number of carbonyl (C=O) groups is 1. The number of aromatic hydroxyl groups is 2. The molecule has 0 radical (unpaired) electrons. The molecule has 0 aliphatic heterocycles. The Balaban J connectivity index is 1.92. The van der Waals surface area contributed by atoms with Crippen molar-refractivity contribution in [3.05, 3.63) is 23.8 Å². The Morgan fingerprint density at radius 2 is 1.90 bits per heavy atom. The van der Waals surface area contributed by atoms with Crippen molar-refractivity contribution in [3.8, 4) is 11.5 Å². The van der Waals surface area contributed by atoms with Crippen LogP contribution in [0, 0.1) is 5.92 Å². The summed E-state index contributed by atoms with van der Waals surface area (Å²) in [6.07, 6.45) is 3.06. The summed E-state index contributed by atoms with van der Waals surface area (Å²) in [7, 11) is 0. The third-order valence-corrected chi connectivity index (χ3v) is 4.04. The van der Waals surface area contributed by atoms with Crippen LogP contribution in [-0.4, -0.2) is 27.3 Å². The number of phenols is 2. The van der Waals surface area contributed by atoms with Gasteiger partial charge in [0.1, 0.15) is 11.5 Å². The molecule has 1 unspecified atom stereocenters. The second kappa shape index (κ2) is 6.13. The quantitative estimate of drug-likeness (QED) is 0.679. The molecule has 0 spiro atoms. The van der Waals surface area contributed by atoms with E-state index < -0.39 is 5.97 Å². The fourth-order valence-corrected chi connectivity index (χ4v) is 2.85. The van der Waals surface area contributed by atoms with E-state index in [1.807, 2.05) is 6.92 Å². The predicted molar refractivity (Wildman–Crippen MR) is 74.7 cm³/mol. The number of aliphatic carboxylic acids is 1. The number of benzene rings is 1. The normalized spacial score (nSPS) is 24.2. The van der Waals surface area contributed by atoms with Crippen LogP contribution in [0.15, 0.2) is 18.2 Å². The fraction of sp³-hybridized carbons (Fsp3) is 0.533. The van der Waals surface area contributed by atoms with Crippen molar-refractivity contribution >= 4 is 5.97 Å². The summed E-state index contributed by atoms with van der Waals surface area (Å²) < 4.78 is 0. The van der Waals surface area contributed by atoms with Crippen LogP contribution in [0.5, 0.6) is 11.5 Å². The number of hydrogen-bond acceptors (Lipinski definition) is 4. The predicted octanol–water partition coefficient (Wildman–Crippen LogP) is 2.39. The van der Waals surface area contributed by atoms with E-state index in [0.717, 1.165) is 18.4 Å². The number of phenolic OH excluding ortho intramolecular Hbond substituents is 2. The molecule has 0 heterocycles.